The Morgan fingerprint density at radius 2 is 2.20 bits per heavy atom. The predicted molar refractivity (Wildman–Crippen MR) is 41.3 cm³/mol. The second-order valence-corrected chi connectivity index (χ2v) is 1.60. The minimum Gasteiger partial charge on any atom is -0.395 e. The van der Waals surface area contributed by atoms with Crippen molar-refractivity contribution in [1.29, 1.82) is 0 Å². The highest BCUT2D eigenvalue weighted by Gasteiger charge is 1.94. The predicted octanol–water partition coefficient (Wildman–Crippen LogP) is -1.26. The molecule has 0 heterocycles. The SMILES string of the molecule is CNCC(=O)NCCO.Cl. The molecule has 5 heteroatoms. The van der Waals surface area contributed by atoms with Crippen LogP contribution in [0.1, 0.15) is 0 Å². The van der Waals surface area contributed by atoms with Crippen molar-refractivity contribution in [2.24, 2.45) is 0 Å². The molecule has 10 heavy (non-hydrogen) atoms. The maximum absolute atomic E-state index is 10.5. The highest BCUT2D eigenvalue weighted by atomic mass is 35.5. The Bertz CT molecular complexity index is 89.7. The molecule has 0 aromatic carbocycles. The quantitative estimate of drug-likeness (QED) is 0.491. The summed E-state index contributed by atoms with van der Waals surface area (Å²) in [5.41, 5.74) is 0. The van der Waals surface area contributed by atoms with E-state index in [0.717, 1.165) is 0 Å². The van der Waals surface area contributed by atoms with Gasteiger partial charge in [0.25, 0.3) is 0 Å². The summed E-state index contributed by atoms with van der Waals surface area (Å²) in [6, 6.07) is 0. The van der Waals surface area contributed by atoms with Gasteiger partial charge in [-0.15, -0.1) is 12.4 Å². The third kappa shape index (κ3) is 7.68. The summed E-state index contributed by atoms with van der Waals surface area (Å²) in [7, 11) is 1.69. The van der Waals surface area contributed by atoms with Gasteiger partial charge in [0, 0.05) is 6.54 Å². The Hall–Kier alpha value is -0.320. The zero-order valence-corrected chi connectivity index (χ0v) is 6.70. The van der Waals surface area contributed by atoms with Gasteiger partial charge < -0.3 is 15.7 Å². The molecule has 0 aliphatic heterocycles. The average molecular weight is 169 g/mol. The molecule has 0 aromatic heterocycles. The van der Waals surface area contributed by atoms with Crippen molar-refractivity contribution in [3.63, 3.8) is 0 Å². The van der Waals surface area contributed by atoms with E-state index in [-0.39, 0.29) is 24.9 Å². The number of halogens is 1. The molecule has 0 aromatic rings. The van der Waals surface area contributed by atoms with E-state index >= 15 is 0 Å². The number of carbonyl (C=O) groups is 1. The van der Waals surface area contributed by atoms with E-state index in [4.69, 9.17) is 5.11 Å². The number of hydrogen-bond donors (Lipinski definition) is 3. The molecule has 0 aliphatic carbocycles. The van der Waals surface area contributed by atoms with Crippen molar-refractivity contribution in [2.75, 3.05) is 26.7 Å². The van der Waals surface area contributed by atoms with Gasteiger partial charge in [0.15, 0.2) is 0 Å². The summed E-state index contributed by atoms with van der Waals surface area (Å²) in [6.45, 7) is 0.635. The lowest BCUT2D eigenvalue weighted by molar-refractivity contribution is -0.120. The normalized spacial score (nSPS) is 8.20. The summed E-state index contributed by atoms with van der Waals surface area (Å²) in [5.74, 6) is -0.0912. The van der Waals surface area contributed by atoms with Gasteiger partial charge in [0.2, 0.25) is 5.91 Å². The van der Waals surface area contributed by atoms with Crippen molar-refractivity contribution < 1.29 is 9.90 Å². The number of aliphatic hydroxyl groups excluding tert-OH is 1. The van der Waals surface area contributed by atoms with Crippen LogP contribution in [0.2, 0.25) is 0 Å². The molecule has 0 spiro atoms. The Morgan fingerprint density at radius 1 is 1.60 bits per heavy atom. The maximum Gasteiger partial charge on any atom is 0.234 e. The van der Waals surface area contributed by atoms with Crippen molar-refractivity contribution in [1.82, 2.24) is 10.6 Å². The first kappa shape index (κ1) is 12.4. The number of likely N-dealkylation sites (N-methyl/N-ethyl adjacent to an activating group) is 1. The molecule has 0 saturated heterocycles. The van der Waals surface area contributed by atoms with E-state index in [1.54, 1.807) is 7.05 Å². The molecular formula is C5H13ClN2O2. The van der Waals surface area contributed by atoms with Gasteiger partial charge in [-0.1, -0.05) is 0 Å². The molecule has 0 radical (unpaired) electrons. The van der Waals surface area contributed by atoms with Crippen LogP contribution in [-0.2, 0) is 4.79 Å². The Morgan fingerprint density at radius 3 is 2.60 bits per heavy atom. The third-order valence-electron chi connectivity index (χ3n) is 0.771. The summed E-state index contributed by atoms with van der Waals surface area (Å²) in [6.07, 6.45) is 0. The topological polar surface area (TPSA) is 61.4 Å². The molecule has 1 amide bonds. The van der Waals surface area contributed by atoms with Crippen molar-refractivity contribution in [3.8, 4) is 0 Å². The molecule has 0 rings (SSSR count). The minimum atomic E-state index is -0.0912. The van der Waals surface area contributed by atoms with E-state index in [9.17, 15) is 4.79 Å². The average Bonchev–Trinajstić information content (AvgIpc) is 1.85. The summed E-state index contributed by atoms with van der Waals surface area (Å²) in [4.78, 5) is 10.5. The van der Waals surface area contributed by atoms with Crippen LogP contribution in [0.15, 0.2) is 0 Å². The number of nitrogens with one attached hydrogen (secondary N) is 2. The number of amides is 1. The van der Waals surface area contributed by atoms with Gasteiger partial charge in [0.05, 0.1) is 13.2 Å². The molecule has 0 atom stereocenters. The smallest absolute Gasteiger partial charge is 0.234 e. The van der Waals surface area contributed by atoms with Gasteiger partial charge >= 0.3 is 0 Å². The fraction of sp³-hybridized carbons (Fsp3) is 0.800. The van der Waals surface area contributed by atoms with E-state index in [0.29, 0.717) is 13.1 Å². The van der Waals surface area contributed by atoms with Gasteiger partial charge in [-0.2, -0.15) is 0 Å². The molecule has 0 bridgehead atoms. The number of hydrogen-bond acceptors (Lipinski definition) is 3. The van der Waals surface area contributed by atoms with Crippen LogP contribution >= 0.6 is 12.4 Å². The second-order valence-electron chi connectivity index (χ2n) is 1.60. The second kappa shape index (κ2) is 8.68. The lowest BCUT2D eigenvalue weighted by Crippen LogP contribution is -2.33. The third-order valence-corrected chi connectivity index (χ3v) is 0.771. The lowest BCUT2D eigenvalue weighted by Gasteiger charge is -1.99. The molecule has 0 saturated carbocycles. The first-order valence-corrected chi connectivity index (χ1v) is 2.83. The molecule has 0 fully saturated rings. The van der Waals surface area contributed by atoms with Crippen molar-refractivity contribution in [2.45, 2.75) is 0 Å². The van der Waals surface area contributed by atoms with Gasteiger partial charge in [-0.05, 0) is 7.05 Å². The van der Waals surface area contributed by atoms with Gasteiger partial charge in [-0.25, -0.2) is 0 Å². The Labute approximate surface area is 66.4 Å². The van der Waals surface area contributed by atoms with Crippen LogP contribution < -0.4 is 10.6 Å². The summed E-state index contributed by atoms with van der Waals surface area (Å²) in [5, 5.41) is 13.4. The monoisotopic (exact) mass is 168 g/mol. The summed E-state index contributed by atoms with van der Waals surface area (Å²) < 4.78 is 0. The zero-order chi connectivity index (χ0) is 7.11. The van der Waals surface area contributed by atoms with Crippen molar-refractivity contribution >= 4 is 18.3 Å². The van der Waals surface area contributed by atoms with Crippen LogP contribution in [0.3, 0.4) is 0 Å². The van der Waals surface area contributed by atoms with E-state index < -0.39 is 0 Å². The minimum absolute atomic E-state index is 0. The largest absolute Gasteiger partial charge is 0.395 e. The molecule has 62 valence electrons. The fourth-order valence-electron chi connectivity index (χ4n) is 0.418. The fourth-order valence-corrected chi connectivity index (χ4v) is 0.418. The van der Waals surface area contributed by atoms with Crippen LogP contribution in [0.4, 0.5) is 0 Å². The van der Waals surface area contributed by atoms with Crippen LogP contribution in [-0.4, -0.2) is 37.8 Å². The van der Waals surface area contributed by atoms with E-state index in [1.165, 1.54) is 0 Å². The highest BCUT2D eigenvalue weighted by Crippen LogP contribution is 1.60. The van der Waals surface area contributed by atoms with E-state index in [2.05, 4.69) is 10.6 Å². The van der Waals surface area contributed by atoms with Gasteiger partial charge in [0.1, 0.15) is 0 Å². The van der Waals surface area contributed by atoms with Gasteiger partial charge in [-0.3, -0.25) is 4.79 Å². The standard InChI is InChI=1S/C5H12N2O2.ClH/c1-6-4-5(9)7-2-3-8;/h6,8H,2-4H2,1H3,(H,7,9);1H. The lowest BCUT2D eigenvalue weighted by atomic mass is 10.5. The molecular weight excluding hydrogens is 156 g/mol. The summed E-state index contributed by atoms with van der Waals surface area (Å²) >= 11 is 0. The number of carbonyl (C=O) groups excluding carboxylic acids is 1. The molecule has 0 unspecified atom stereocenters. The van der Waals surface area contributed by atoms with Crippen LogP contribution in [0.25, 0.3) is 0 Å². The maximum atomic E-state index is 10.5. The highest BCUT2D eigenvalue weighted by molar-refractivity contribution is 5.85. The number of aliphatic hydroxyl groups is 1. The first-order valence-electron chi connectivity index (χ1n) is 2.83. The van der Waals surface area contributed by atoms with E-state index in [1.807, 2.05) is 0 Å². The van der Waals surface area contributed by atoms with Crippen LogP contribution in [0, 0.1) is 0 Å². The molecule has 4 nitrogen and oxygen atoms in total. The zero-order valence-electron chi connectivity index (χ0n) is 5.89. The van der Waals surface area contributed by atoms with Crippen molar-refractivity contribution in [3.05, 3.63) is 0 Å². The Balaban J connectivity index is 0. The Kier molecular flexibility index (Phi) is 10.7. The number of rotatable bonds is 4. The molecule has 0 aliphatic rings. The first-order chi connectivity index (χ1) is 4.31. The molecule has 3 N–H and O–H groups in total. The van der Waals surface area contributed by atoms with Crippen LogP contribution in [0.5, 0.6) is 0 Å².